The smallest absolute Gasteiger partial charge is 0.235 e. The molecule has 0 bridgehead atoms. The molecule has 86 valence electrons. The summed E-state index contributed by atoms with van der Waals surface area (Å²) in [4.78, 5) is 14.3. The van der Waals surface area contributed by atoms with Crippen LogP contribution in [-0.2, 0) is 10.3 Å². The van der Waals surface area contributed by atoms with Crippen LogP contribution in [0.25, 0.3) is 11.0 Å². The maximum Gasteiger partial charge on any atom is 0.235 e. The van der Waals surface area contributed by atoms with Gasteiger partial charge in [-0.3, -0.25) is 0 Å². The number of hydrogen-bond donors (Lipinski definition) is 0. The predicted molar refractivity (Wildman–Crippen MR) is 59.8 cm³/mol. The number of halogens is 1. The summed E-state index contributed by atoms with van der Waals surface area (Å²) in [5, 5.41) is 0.828. The third-order valence-corrected chi connectivity index (χ3v) is 3.48. The van der Waals surface area contributed by atoms with Crippen molar-refractivity contribution in [2.45, 2.75) is 24.8 Å². The van der Waals surface area contributed by atoms with Gasteiger partial charge in [-0.2, -0.15) is 4.99 Å². The monoisotopic (exact) mass is 231 g/mol. The molecule has 3 nitrogen and oxygen atoms in total. The van der Waals surface area contributed by atoms with E-state index in [-0.39, 0.29) is 5.82 Å². The Labute approximate surface area is 96.9 Å². The quantitative estimate of drug-likeness (QED) is 0.588. The summed E-state index contributed by atoms with van der Waals surface area (Å²) in [5.74, 6) is -0.369. The maximum absolute atomic E-state index is 14.0. The molecular formula is C13H10FNO2. The SMILES string of the molecule is O=C=NC1(c2cc3ccoc3cc2F)CCC1. The minimum atomic E-state index is -0.697. The Balaban J connectivity index is 2.21. The lowest BCUT2D eigenvalue weighted by molar-refractivity contribution is 0.248. The molecule has 1 saturated carbocycles. The molecule has 0 amide bonds. The van der Waals surface area contributed by atoms with Crippen LogP contribution in [0.2, 0.25) is 0 Å². The van der Waals surface area contributed by atoms with E-state index in [4.69, 9.17) is 4.42 Å². The van der Waals surface area contributed by atoms with Crippen LogP contribution in [0.3, 0.4) is 0 Å². The average molecular weight is 231 g/mol. The van der Waals surface area contributed by atoms with E-state index < -0.39 is 5.54 Å². The number of carbonyl (C=O) groups excluding carboxylic acids is 1. The Morgan fingerprint density at radius 2 is 2.24 bits per heavy atom. The van der Waals surface area contributed by atoms with Crippen molar-refractivity contribution in [3.63, 3.8) is 0 Å². The molecule has 0 spiro atoms. The zero-order valence-electron chi connectivity index (χ0n) is 9.07. The Kier molecular flexibility index (Phi) is 2.13. The van der Waals surface area contributed by atoms with Gasteiger partial charge >= 0.3 is 0 Å². The van der Waals surface area contributed by atoms with Gasteiger partial charge < -0.3 is 4.42 Å². The van der Waals surface area contributed by atoms with Crippen LogP contribution < -0.4 is 0 Å². The summed E-state index contributed by atoms with van der Waals surface area (Å²) in [6.45, 7) is 0. The normalized spacial score (nSPS) is 17.5. The van der Waals surface area contributed by atoms with Crippen LogP contribution in [-0.4, -0.2) is 6.08 Å². The first-order chi connectivity index (χ1) is 8.25. The minimum absolute atomic E-state index is 0.369. The van der Waals surface area contributed by atoms with Gasteiger partial charge in [0.25, 0.3) is 0 Å². The maximum atomic E-state index is 14.0. The van der Waals surface area contributed by atoms with Crippen molar-refractivity contribution in [2.75, 3.05) is 0 Å². The van der Waals surface area contributed by atoms with Gasteiger partial charge in [0.05, 0.1) is 6.26 Å². The van der Waals surface area contributed by atoms with Gasteiger partial charge in [0, 0.05) is 17.0 Å². The van der Waals surface area contributed by atoms with Crippen LogP contribution >= 0.6 is 0 Å². The lowest BCUT2D eigenvalue weighted by Crippen LogP contribution is -2.32. The molecule has 0 unspecified atom stereocenters. The first-order valence-electron chi connectivity index (χ1n) is 5.51. The third-order valence-electron chi connectivity index (χ3n) is 3.48. The first kappa shape index (κ1) is 10.2. The molecule has 3 rings (SSSR count). The van der Waals surface area contributed by atoms with Crippen molar-refractivity contribution in [1.82, 2.24) is 0 Å². The van der Waals surface area contributed by atoms with Crippen molar-refractivity contribution in [3.8, 4) is 0 Å². The summed E-state index contributed by atoms with van der Waals surface area (Å²) in [7, 11) is 0. The number of fused-ring (bicyclic) bond motifs is 1. The molecule has 0 aliphatic heterocycles. The Morgan fingerprint density at radius 3 is 2.88 bits per heavy atom. The Hall–Kier alpha value is -1.93. The van der Waals surface area contributed by atoms with Crippen molar-refractivity contribution in [3.05, 3.63) is 35.8 Å². The fraction of sp³-hybridized carbons (Fsp3) is 0.308. The summed E-state index contributed by atoms with van der Waals surface area (Å²) < 4.78 is 19.1. The molecule has 0 atom stereocenters. The molecule has 1 fully saturated rings. The topological polar surface area (TPSA) is 42.6 Å². The van der Waals surface area contributed by atoms with Crippen molar-refractivity contribution in [2.24, 2.45) is 4.99 Å². The molecule has 0 saturated heterocycles. The van der Waals surface area contributed by atoms with E-state index in [9.17, 15) is 9.18 Å². The van der Waals surface area contributed by atoms with E-state index in [0.717, 1.165) is 11.8 Å². The second kappa shape index (κ2) is 3.54. The Morgan fingerprint density at radius 1 is 1.41 bits per heavy atom. The highest BCUT2D eigenvalue weighted by atomic mass is 19.1. The number of hydrogen-bond acceptors (Lipinski definition) is 3. The third kappa shape index (κ3) is 1.41. The van der Waals surface area contributed by atoms with Crippen molar-refractivity contribution < 1.29 is 13.6 Å². The van der Waals surface area contributed by atoms with E-state index >= 15 is 0 Å². The lowest BCUT2D eigenvalue weighted by Gasteiger charge is -2.37. The van der Waals surface area contributed by atoms with Crippen LogP contribution in [0.5, 0.6) is 0 Å². The predicted octanol–water partition coefficient (Wildman–Crippen LogP) is 3.29. The van der Waals surface area contributed by atoms with Gasteiger partial charge in [-0.25, -0.2) is 9.18 Å². The lowest BCUT2D eigenvalue weighted by atomic mass is 9.72. The molecule has 2 aromatic rings. The summed E-state index contributed by atoms with van der Waals surface area (Å²) in [5.41, 5.74) is 0.286. The van der Waals surface area contributed by atoms with Crippen molar-refractivity contribution in [1.29, 1.82) is 0 Å². The molecule has 17 heavy (non-hydrogen) atoms. The molecule has 0 N–H and O–H groups in total. The highest BCUT2D eigenvalue weighted by Gasteiger charge is 2.41. The van der Waals surface area contributed by atoms with E-state index in [2.05, 4.69) is 4.99 Å². The standard InChI is InChI=1S/C13H10FNO2/c14-11-7-12-9(2-5-17-12)6-10(11)13(15-8-16)3-1-4-13/h2,5-7H,1,3-4H2. The number of rotatable bonds is 2. The van der Waals surface area contributed by atoms with Crippen LogP contribution in [0.4, 0.5) is 4.39 Å². The van der Waals surface area contributed by atoms with Gasteiger partial charge in [-0.1, -0.05) is 0 Å². The first-order valence-corrected chi connectivity index (χ1v) is 5.51. The van der Waals surface area contributed by atoms with Gasteiger partial charge in [0.2, 0.25) is 6.08 Å². The number of aliphatic imine (C=N–C) groups is 1. The van der Waals surface area contributed by atoms with E-state index in [1.807, 2.05) is 0 Å². The summed E-state index contributed by atoms with van der Waals surface area (Å²) in [6, 6.07) is 4.84. The molecule has 1 aliphatic carbocycles. The fourth-order valence-corrected chi connectivity index (χ4v) is 2.38. The second-order valence-electron chi connectivity index (χ2n) is 4.38. The van der Waals surface area contributed by atoms with Crippen LogP contribution in [0, 0.1) is 5.82 Å². The highest BCUT2D eigenvalue weighted by molar-refractivity contribution is 5.78. The largest absolute Gasteiger partial charge is 0.464 e. The van der Waals surface area contributed by atoms with E-state index in [1.54, 1.807) is 18.2 Å². The molecule has 4 heteroatoms. The number of furan rings is 1. The highest BCUT2D eigenvalue weighted by Crippen LogP contribution is 2.46. The molecule has 0 radical (unpaired) electrons. The molecule has 1 aromatic heterocycles. The second-order valence-corrected chi connectivity index (χ2v) is 4.38. The van der Waals surface area contributed by atoms with Gasteiger partial charge in [-0.05, 0) is 31.4 Å². The average Bonchev–Trinajstić information content (AvgIpc) is 2.69. The summed E-state index contributed by atoms with van der Waals surface area (Å²) in [6.07, 6.45) is 5.43. The van der Waals surface area contributed by atoms with Crippen molar-refractivity contribution >= 4 is 17.0 Å². The summed E-state index contributed by atoms with van der Waals surface area (Å²) >= 11 is 0. The zero-order valence-corrected chi connectivity index (χ0v) is 9.07. The van der Waals surface area contributed by atoms with E-state index in [0.29, 0.717) is 24.0 Å². The fourth-order valence-electron chi connectivity index (χ4n) is 2.38. The van der Waals surface area contributed by atoms with Gasteiger partial charge in [-0.15, -0.1) is 0 Å². The molecular weight excluding hydrogens is 221 g/mol. The zero-order chi connectivity index (χ0) is 11.9. The number of benzene rings is 1. The number of isocyanates is 1. The van der Waals surface area contributed by atoms with E-state index in [1.165, 1.54) is 12.3 Å². The van der Waals surface area contributed by atoms with Crippen LogP contribution in [0.1, 0.15) is 24.8 Å². The Bertz CT molecular complexity index is 621. The number of nitrogens with zero attached hydrogens (tertiary/aromatic N) is 1. The van der Waals surface area contributed by atoms with Gasteiger partial charge in [0.1, 0.15) is 16.9 Å². The molecule has 1 aromatic carbocycles. The van der Waals surface area contributed by atoms with Crippen LogP contribution in [0.15, 0.2) is 33.9 Å². The molecule has 1 heterocycles. The van der Waals surface area contributed by atoms with Gasteiger partial charge in [0.15, 0.2) is 0 Å². The minimum Gasteiger partial charge on any atom is -0.464 e. The molecule has 1 aliphatic rings.